The van der Waals surface area contributed by atoms with E-state index in [2.05, 4.69) is 23.6 Å². The molecule has 0 radical (unpaired) electrons. The number of nitrogens with one attached hydrogen (secondary N) is 1. The van der Waals surface area contributed by atoms with E-state index >= 15 is 0 Å². The van der Waals surface area contributed by atoms with Gasteiger partial charge in [0.2, 0.25) is 0 Å². The fraction of sp³-hybridized carbons (Fsp3) is 0.923. The van der Waals surface area contributed by atoms with Crippen molar-refractivity contribution in [1.82, 2.24) is 5.32 Å². The van der Waals surface area contributed by atoms with Crippen molar-refractivity contribution in [1.29, 1.82) is 0 Å². The molecule has 1 heterocycles. The van der Waals surface area contributed by atoms with Crippen LogP contribution in [0.1, 0.15) is 39.0 Å². The van der Waals surface area contributed by atoms with Gasteiger partial charge in [-0.15, -0.1) is 0 Å². The summed E-state index contributed by atoms with van der Waals surface area (Å²) in [5, 5.41) is 6.02. The summed E-state index contributed by atoms with van der Waals surface area (Å²) in [5.41, 5.74) is 5.51. The third kappa shape index (κ3) is 6.94. The summed E-state index contributed by atoms with van der Waals surface area (Å²) in [5.74, 6) is 0.342. The second-order valence-corrected chi connectivity index (χ2v) is 8.42. The van der Waals surface area contributed by atoms with Crippen LogP contribution in [0, 0.1) is 0 Å². The standard InChI is InChI=1S/C13H25N2OS2.Rh/c1-3-13(16)12(6-4-5-7-14)15-9-11-8-10(2)17-18-11;/h10-12,15H,2-9,14H2,1H3;. The minimum absolute atomic E-state index is 0.0374. The van der Waals surface area contributed by atoms with Crippen LogP contribution in [-0.4, -0.2) is 35.4 Å². The molecule has 0 aliphatic carbocycles. The molecule has 1 aliphatic rings. The van der Waals surface area contributed by atoms with E-state index in [1.54, 1.807) is 0 Å². The molecule has 3 N–H and O–H groups in total. The number of unbranched alkanes of at least 4 members (excludes halogenated alkanes) is 1. The van der Waals surface area contributed by atoms with Gasteiger partial charge in [-0.1, -0.05) is 0 Å². The van der Waals surface area contributed by atoms with Crippen LogP contribution in [0.4, 0.5) is 0 Å². The summed E-state index contributed by atoms with van der Waals surface area (Å²) < 4.78 is 0. The Hall–Kier alpha value is 0.913. The van der Waals surface area contributed by atoms with E-state index in [1.807, 2.05) is 28.5 Å². The Morgan fingerprint density at radius 3 is 2.74 bits per heavy atom. The Kier molecular flexibility index (Phi) is 10.0. The van der Waals surface area contributed by atoms with Crippen LogP contribution >= 0.6 is 21.6 Å². The van der Waals surface area contributed by atoms with Gasteiger partial charge in [0.05, 0.1) is 0 Å². The van der Waals surface area contributed by atoms with E-state index in [0.717, 1.165) is 42.6 Å². The van der Waals surface area contributed by atoms with Crippen LogP contribution in [0.2, 0.25) is 5.02 Å². The van der Waals surface area contributed by atoms with Gasteiger partial charge in [-0.3, -0.25) is 0 Å². The van der Waals surface area contributed by atoms with Crippen LogP contribution in [0.25, 0.3) is 0 Å². The van der Waals surface area contributed by atoms with E-state index in [1.165, 1.54) is 6.42 Å². The van der Waals surface area contributed by atoms with Crippen molar-refractivity contribution in [3.05, 3.63) is 0 Å². The SMILES string of the molecule is CCC(=O)C(CCCCN)NCC1CC([CH2][Rh])SS1. The maximum atomic E-state index is 11.9. The molecule has 1 aliphatic heterocycles. The van der Waals surface area contributed by atoms with Gasteiger partial charge in [-0.25, -0.2) is 0 Å². The number of Topliss-reactive ketones (excluding diaryl/α,β-unsaturated/α-hetero) is 1. The summed E-state index contributed by atoms with van der Waals surface area (Å²) in [4.78, 5) is 11.9. The quantitative estimate of drug-likeness (QED) is 0.340. The average molecular weight is 392 g/mol. The zero-order valence-electron chi connectivity index (χ0n) is 11.5. The monoisotopic (exact) mass is 392 g/mol. The van der Waals surface area contributed by atoms with Crippen LogP contribution in [0.15, 0.2) is 0 Å². The van der Waals surface area contributed by atoms with Crippen molar-refractivity contribution in [2.45, 2.75) is 60.6 Å². The second-order valence-electron chi connectivity index (χ2n) is 4.87. The van der Waals surface area contributed by atoms with E-state index in [0.29, 0.717) is 17.5 Å². The number of hydrogen-bond donors (Lipinski definition) is 2. The Labute approximate surface area is 135 Å². The molecule has 0 bridgehead atoms. The first-order valence-corrected chi connectivity index (χ1v) is 10.5. The third-order valence-corrected chi connectivity index (χ3v) is 7.86. The first-order valence-electron chi connectivity index (χ1n) is 7.02. The Balaban J connectivity index is 2.29. The summed E-state index contributed by atoms with van der Waals surface area (Å²) in [6.07, 6.45) is 4.85. The summed E-state index contributed by atoms with van der Waals surface area (Å²) >= 11 is 3.01. The summed E-state index contributed by atoms with van der Waals surface area (Å²) in [6.45, 7) is 3.62. The molecule has 0 aromatic heterocycles. The minimum atomic E-state index is 0.0374. The molecule has 19 heavy (non-hydrogen) atoms. The zero-order valence-corrected chi connectivity index (χ0v) is 14.8. The van der Waals surface area contributed by atoms with E-state index in [-0.39, 0.29) is 6.04 Å². The Morgan fingerprint density at radius 1 is 1.42 bits per heavy atom. The van der Waals surface area contributed by atoms with Crippen LogP contribution < -0.4 is 11.1 Å². The molecule has 0 aromatic carbocycles. The van der Waals surface area contributed by atoms with Crippen molar-refractivity contribution < 1.29 is 23.1 Å². The van der Waals surface area contributed by atoms with Crippen LogP contribution in [-0.2, 0) is 23.1 Å². The molecule has 6 heteroatoms. The topological polar surface area (TPSA) is 55.1 Å². The first kappa shape index (κ1) is 18.0. The number of ketones is 1. The van der Waals surface area contributed by atoms with Crippen molar-refractivity contribution in [2.75, 3.05) is 13.1 Å². The van der Waals surface area contributed by atoms with Crippen molar-refractivity contribution in [3.63, 3.8) is 0 Å². The molecule has 0 saturated carbocycles. The second kappa shape index (κ2) is 10.6. The van der Waals surface area contributed by atoms with Crippen molar-refractivity contribution >= 4 is 27.4 Å². The number of nitrogens with two attached hydrogens (primary N) is 1. The van der Waals surface area contributed by atoms with Crippen molar-refractivity contribution in [3.8, 4) is 0 Å². The molecule has 3 nitrogen and oxygen atoms in total. The van der Waals surface area contributed by atoms with Crippen LogP contribution in [0.3, 0.4) is 0 Å². The Bertz CT molecular complexity index is 269. The summed E-state index contributed by atoms with van der Waals surface area (Å²) in [6, 6.07) is 0.0374. The number of carbonyl (C=O) groups excluding carboxylic acids is 1. The third-order valence-electron chi connectivity index (χ3n) is 3.28. The number of rotatable bonds is 10. The fourth-order valence-electron chi connectivity index (χ4n) is 2.11. The molecule has 1 fully saturated rings. The van der Waals surface area contributed by atoms with Gasteiger partial charge in [0.1, 0.15) is 0 Å². The van der Waals surface area contributed by atoms with Crippen LogP contribution in [0.5, 0.6) is 0 Å². The van der Waals surface area contributed by atoms with Gasteiger partial charge in [-0.2, -0.15) is 0 Å². The predicted octanol–water partition coefficient (Wildman–Crippen LogP) is 2.54. The van der Waals surface area contributed by atoms with Gasteiger partial charge in [0.25, 0.3) is 0 Å². The van der Waals surface area contributed by atoms with E-state index in [4.69, 9.17) is 5.73 Å². The zero-order chi connectivity index (χ0) is 14.1. The normalized spacial score (nSPS) is 24.6. The molecule has 0 aromatic rings. The fourth-order valence-corrected chi connectivity index (χ4v) is 6.41. The molecule has 1 saturated heterocycles. The number of carbonyl (C=O) groups is 1. The van der Waals surface area contributed by atoms with Gasteiger partial charge < -0.3 is 0 Å². The van der Waals surface area contributed by atoms with Gasteiger partial charge in [0.15, 0.2) is 0 Å². The molecule has 0 spiro atoms. The molecular formula is C13H25N2ORhS2. The Morgan fingerprint density at radius 2 is 2.16 bits per heavy atom. The van der Waals surface area contributed by atoms with Crippen molar-refractivity contribution in [2.24, 2.45) is 5.73 Å². The van der Waals surface area contributed by atoms with Gasteiger partial charge >= 0.3 is 135 Å². The van der Waals surface area contributed by atoms with Gasteiger partial charge in [-0.05, 0) is 0 Å². The summed E-state index contributed by atoms with van der Waals surface area (Å²) in [7, 11) is 3.96. The average Bonchev–Trinajstić information content (AvgIpc) is 2.89. The van der Waals surface area contributed by atoms with E-state index in [9.17, 15) is 4.79 Å². The van der Waals surface area contributed by atoms with Gasteiger partial charge in [0, 0.05) is 0 Å². The predicted molar refractivity (Wildman–Crippen MR) is 82.2 cm³/mol. The maximum absolute atomic E-state index is 11.9. The van der Waals surface area contributed by atoms with E-state index < -0.39 is 0 Å². The first-order chi connectivity index (χ1) is 9.21. The molecule has 0 amide bonds. The molecule has 3 atom stereocenters. The molecule has 3 unspecified atom stereocenters. The molecule has 114 valence electrons. The number of hydrogen-bond acceptors (Lipinski definition) is 5. The molecule has 1 rings (SSSR count). The molecular weight excluding hydrogens is 367 g/mol.